The van der Waals surface area contributed by atoms with Crippen LogP contribution in [-0.4, -0.2) is 17.0 Å². The van der Waals surface area contributed by atoms with Crippen LogP contribution in [0, 0.1) is 17.0 Å². The van der Waals surface area contributed by atoms with Crippen LogP contribution in [0.5, 0.6) is 0 Å². The van der Waals surface area contributed by atoms with Crippen LogP contribution in [-0.2, 0) is 9.59 Å². The molecule has 1 fully saturated rings. The maximum Gasteiger partial charge on any atom is 0.238 e. The smallest absolute Gasteiger partial charge is 0.238 e. The number of allylic oxidation sites excluding steroid dienone is 2. The summed E-state index contributed by atoms with van der Waals surface area (Å²) in [6, 6.07) is 25.3. The maximum atomic E-state index is 13.7. The van der Waals surface area contributed by atoms with Crippen LogP contribution in [0.4, 0.5) is 11.4 Å². The van der Waals surface area contributed by atoms with Crippen LogP contribution in [0.3, 0.4) is 0 Å². The predicted molar refractivity (Wildman–Crippen MR) is 121 cm³/mol. The van der Waals surface area contributed by atoms with Gasteiger partial charge in [0.1, 0.15) is 0 Å². The summed E-state index contributed by atoms with van der Waals surface area (Å²) in [5.41, 5.74) is 2.18. The highest BCUT2D eigenvalue weighted by Gasteiger charge is 2.55. The molecule has 1 aliphatic heterocycles. The minimum atomic E-state index is -0.568. The highest BCUT2D eigenvalue weighted by Crippen LogP contribution is 2.50. The van der Waals surface area contributed by atoms with Crippen molar-refractivity contribution in [1.29, 1.82) is 0 Å². The van der Waals surface area contributed by atoms with E-state index in [4.69, 9.17) is 0 Å². The Hall–Kier alpha value is -3.74. The van der Waals surface area contributed by atoms with E-state index in [0.717, 1.165) is 11.1 Å². The molecule has 1 saturated heterocycles. The summed E-state index contributed by atoms with van der Waals surface area (Å²) in [6.07, 6.45) is 4.07. The van der Waals surface area contributed by atoms with E-state index in [1.807, 2.05) is 72.8 Å². The zero-order chi connectivity index (χ0) is 22.2. The SMILES string of the molecule is O=C1C2C(c3ccccc3)C=CC(c3ccccc3)C2C(=O)N1c1cccc(N([O-])O)c1. The van der Waals surface area contributed by atoms with Gasteiger partial charge in [0.25, 0.3) is 0 Å². The van der Waals surface area contributed by atoms with E-state index in [0.29, 0.717) is 0 Å². The Morgan fingerprint density at radius 3 is 1.69 bits per heavy atom. The lowest BCUT2D eigenvalue weighted by atomic mass is 9.68. The van der Waals surface area contributed by atoms with Crippen molar-refractivity contribution < 1.29 is 14.8 Å². The van der Waals surface area contributed by atoms with Crippen LogP contribution in [0.2, 0.25) is 0 Å². The largest absolute Gasteiger partial charge is 0.733 e. The molecule has 0 bridgehead atoms. The highest BCUT2D eigenvalue weighted by atomic mass is 16.8. The zero-order valence-corrected chi connectivity index (χ0v) is 17.1. The van der Waals surface area contributed by atoms with Gasteiger partial charge in [0.05, 0.1) is 23.2 Å². The van der Waals surface area contributed by atoms with Crippen molar-refractivity contribution in [3.8, 4) is 0 Å². The molecule has 0 spiro atoms. The molecule has 32 heavy (non-hydrogen) atoms. The van der Waals surface area contributed by atoms with Gasteiger partial charge in [0.2, 0.25) is 11.8 Å². The van der Waals surface area contributed by atoms with E-state index in [9.17, 15) is 20.0 Å². The topological polar surface area (TPSA) is 83.9 Å². The Labute approximate surface area is 185 Å². The van der Waals surface area contributed by atoms with Gasteiger partial charge in [0, 0.05) is 11.8 Å². The van der Waals surface area contributed by atoms with Crippen LogP contribution in [0.25, 0.3) is 0 Å². The number of rotatable bonds is 4. The third-order valence-electron chi connectivity index (χ3n) is 6.38. The molecule has 160 valence electrons. The van der Waals surface area contributed by atoms with E-state index < -0.39 is 11.8 Å². The molecule has 6 nitrogen and oxygen atoms in total. The standard InChI is InChI=1S/C26H21N2O4/c29-25-23-21(17-8-3-1-4-9-17)14-15-22(18-10-5-2-6-11-18)24(23)26(30)27(25)19-12-7-13-20(16-19)28(31)32/h1-16,21-24,31H/q-1. The van der Waals surface area contributed by atoms with Gasteiger partial charge in [-0.1, -0.05) is 78.9 Å². The minimum Gasteiger partial charge on any atom is -0.733 e. The lowest BCUT2D eigenvalue weighted by Gasteiger charge is -2.32. The second-order valence-electron chi connectivity index (χ2n) is 8.11. The third-order valence-corrected chi connectivity index (χ3v) is 6.38. The summed E-state index contributed by atoms with van der Waals surface area (Å²) in [7, 11) is 0. The lowest BCUT2D eigenvalue weighted by Crippen LogP contribution is -2.31. The van der Waals surface area contributed by atoms with E-state index in [1.54, 1.807) is 6.07 Å². The molecule has 3 aromatic carbocycles. The Morgan fingerprint density at radius 2 is 1.22 bits per heavy atom. The fourth-order valence-corrected chi connectivity index (χ4v) is 4.94. The molecule has 3 aromatic rings. The van der Waals surface area contributed by atoms with Gasteiger partial charge in [-0.2, -0.15) is 0 Å². The first-order valence-corrected chi connectivity index (χ1v) is 10.5. The van der Waals surface area contributed by atoms with E-state index in [-0.39, 0.29) is 40.3 Å². The van der Waals surface area contributed by atoms with Crippen molar-refractivity contribution in [2.45, 2.75) is 11.8 Å². The first-order valence-electron chi connectivity index (χ1n) is 10.5. The maximum absolute atomic E-state index is 13.7. The van der Waals surface area contributed by atoms with Crippen molar-refractivity contribution in [3.63, 3.8) is 0 Å². The number of hydrogen-bond acceptors (Lipinski definition) is 5. The number of fused-ring (bicyclic) bond motifs is 1. The second-order valence-corrected chi connectivity index (χ2v) is 8.11. The number of carbonyl (C=O) groups is 2. The number of benzene rings is 3. The average molecular weight is 425 g/mol. The van der Waals surface area contributed by atoms with Gasteiger partial charge in [-0.3, -0.25) is 14.8 Å². The van der Waals surface area contributed by atoms with Crippen LogP contribution >= 0.6 is 0 Å². The third kappa shape index (κ3) is 3.30. The Morgan fingerprint density at radius 1 is 0.719 bits per heavy atom. The molecule has 4 atom stereocenters. The summed E-state index contributed by atoms with van der Waals surface area (Å²) in [5, 5.41) is 20.4. The van der Waals surface area contributed by atoms with Crippen molar-refractivity contribution in [2.75, 3.05) is 10.1 Å². The predicted octanol–water partition coefficient (Wildman–Crippen LogP) is 4.62. The van der Waals surface area contributed by atoms with Gasteiger partial charge in [-0.25, -0.2) is 4.90 Å². The van der Waals surface area contributed by atoms with E-state index in [2.05, 4.69) is 0 Å². The van der Waals surface area contributed by atoms with Gasteiger partial charge < -0.3 is 10.4 Å². The molecular formula is C26H21N2O4-. The summed E-state index contributed by atoms with van der Waals surface area (Å²) in [4.78, 5) is 28.6. The Balaban J connectivity index is 1.62. The first-order chi connectivity index (χ1) is 15.6. The van der Waals surface area contributed by atoms with E-state index in [1.165, 1.54) is 23.1 Å². The molecule has 1 aliphatic carbocycles. The van der Waals surface area contributed by atoms with Gasteiger partial charge in [-0.15, -0.1) is 0 Å². The normalized spacial score (nSPS) is 24.5. The minimum absolute atomic E-state index is 0.0460. The van der Waals surface area contributed by atoms with Crippen LogP contribution in [0.1, 0.15) is 23.0 Å². The second kappa shape index (κ2) is 8.07. The first kappa shape index (κ1) is 20.2. The summed E-state index contributed by atoms with van der Waals surface area (Å²) < 4.78 is 0. The summed E-state index contributed by atoms with van der Waals surface area (Å²) in [5.74, 6) is -2.21. The molecule has 0 radical (unpaired) electrons. The number of amides is 2. The number of hydrogen-bond donors (Lipinski definition) is 1. The number of carbonyl (C=O) groups excluding carboxylic acids is 2. The van der Waals surface area contributed by atoms with Crippen LogP contribution in [0.15, 0.2) is 97.1 Å². The molecule has 0 aromatic heterocycles. The fourth-order valence-electron chi connectivity index (χ4n) is 4.94. The Kier molecular flexibility index (Phi) is 5.09. The number of imide groups is 1. The molecule has 1 heterocycles. The van der Waals surface area contributed by atoms with Crippen molar-refractivity contribution in [2.24, 2.45) is 11.8 Å². The molecule has 5 rings (SSSR count). The lowest BCUT2D eigenvalue weighted by molar-refractivity contribution is -0.122. The van der Waals surface area contributed by atoms with Gasteiger partial charge in [-0.05, 0) is 29.3 Å². The molecule has 4 unspecified atom stereocenters. The summed E-state index contributed by atoms with van der Waals surface area (Å²) in [6.45, 7) is 0. The zero-order valence-electron chi connectivity index (χ0n) is 17.1. The quantitative estimate of drug-likeness (QED) is 0.375. The molecular weight excluding hydrogens is 404 g/mol. The average Bonchev–Trinajstić information content (AvgIpc) is 3.10. The van der Waals surface area contributed by atoms with Crippen molar-refractivity contribution in [3.05, 3.63) is 113 Å². The summed E-state index contributed by atoms with van der Waals surface area (Å²) >= 11 is 0. The van der Waals surface area contributed by atoms with E-state index >= 15 is 0 Å². The fraction of sp³-hybridized carbons (Fsp3) is 0.154. The molecule has 6 heteroatoms. The monoisotopic (exact) mass is 425 g/mol. The molecule has 2 amide bonds. The van der Waals surface area contributed by atoms with Crippen molar-refractivity contribution in [1.82, 2.24) is 0 Å². The van der Waals surface area contributed by atoms with Gasteiger partial charge in [0.15, 0.2) is 0 Å². The van der Waals surface area contributed by atoms with Crippen LogP contribution < -0.4 is 10.1 Å². The van der Waals surface area contributed by atoms with Crippen molar-refractivity contribution >= 4 is 23.2 Å². The molecule has 1 N–H and O–H groups in total. The number of nitrogens with zero attached hydrogens (tertiary/aromatic N) is 2. The molecule has 2 aliphatic rings. The van der Waals surface area contributed by atoms with Gasteiger partial charge >= 0.3 is 0 Å². The highest BCUT2D eigenvalue weighted by molar-refractivity contribution is 6.23. The Bertz CT molecular complexity index is 1110. The number of anilines is 2. The molecule has 0 saturated carbocycles.